The zero-order valence-electron chi connectivity index (χ0n) is 8.66. The van der Waals surface area contributed by atoms with Gasteiger partial charge in [0, 0.05) is 0 Å². The van der Waals surface area contributed by atoms with Gasteiger partial charge >= 0.3 is 0 Å². The van der Waals surface area contributed by atoms with Gasteiger partial charge in [-0.1, -0.05) is 0 Å². The molecule has 3 nitrogen and oxygen atoms in total. The molecule has 1 aliphatic heterocycles. The van der Waals surface area contributed by atoms with E-state index in [9.17, 15) is 9.90 Å². The molecule has 13 heavy (non-hydrogen) atoms. The van der Waals surface area contributed by atoms with Gasteiger partial charge in [0.25, 0.3) is 0 Å². The number of hydrogen-bond acceptors (Lipinski definition) is 3. The number of likely N-dealkylation sites (tertiary alicyclic amines) is 1. The molecule has 2 atom stereocenters. The van der Waals surface area contributed by atoms with Crippen molar-refractivity contribution in [3.05, 3.63) is 0 Å². The van der Waals surface area contributed by atoms with E-state index in [2.05, 4.69) is 4.90 Å². The molecule has 0 amide bonds. The average molecular weight is 185 g/mol. The van der Waals surface area contributed by atoms with E-state index >= 15 is 0 Å². The van der Waals surface area contributed by atoms with Gasteiger partial charge < -0.3 is 9.90 Å². The highest BCUT2D eigenvalue weighted by atomic mass is 16.3. The summed E-state index contributed by atoms with van der Waals surface area (Å²) in [6, 6.07) is 0.00595. The SMILES string of the molecule is CN1CC[C@H](CC(C)(C)O)C1C=O. The highest BCUT2D eigenvalue weighted by Gasteiger charge is 2.34. The van der Waals surface area contributed by atoms with Crippen molar-refractivity contribution in [1.82, 2.24) is 4.90 Å². The molecule has 76 valence electrons. The van der Waals surface area contributed by atoms with E-state index < -0.39 is 5.60 Å². The Kier molecular flexibility index (Phi) is 3.09. The minimum Gasteiger partial charge on any atom is -0.390 e. The van der Waals surface area contributed by atoms with Crippen molar-refractivity contribution in [3.63, 3.8) is 0 Å². The van der Waals surface area contributed by atoms with Crippen molar-refractivity contribution in [2.75, 3.05) is 13.6 Å². The van der Waals surface area contributed by atoms with Crippen molar-refractivity contribution in [2.24, 2.45) is 5.92 Å². The number of aldehydes is 1. The number of aliphatic hydroxyl groups is 1. The molecule has 0 aromatic rings. The molecule has 1 unspecified atom stereocenters. The molecule has 1 rings (SSSR count). The van der Waals surface area contributed by atoms with E-state index in [4.69, 9.17) is 0 Å². The van der Waals surface area contributed by atoms with Crippen LogP contribution >= 0.6 is 0 Å². The number of likely N-dealkylation sites (N-methyl/N-ethyl adjacent to an activating group) is 1. The van der Waals surface area contributed by atoms with E-state index in [0.717, 1.165) is 19.3 Å². The third kappa shape index (κ3) is 2.78. The van der Waals surface area contributed by atoms with Crippen molar-refractivity contribution in [3.8, 4) is 0 Å². The van der Waals surface area contributed by atoms with Gasteiger partial charge in [-0.25, -0.2) is 0 Å². The van der Waals surface area contributed by atoms with E-state index in [-0.39, 0.29) is 6.04 Å². The monoisotopic (exact) mass is 185 g/mol. The smallest absolute Gasteiger partial charge is 0.137 e. The number of carbonyl (C=O) groups is 1. The molecule has 1 fully saturated rings. The first kappa shape index (κ1) is 10.7. The maximum atomic E-state index is 10.8. The van der Waals surface area contributed by atoms with Crippen molar-refractivity contribution in [2.45, 2.75) is 38.3 Å². The van der Waals surface area contributed by atoms with Crippen LogP contribution in [0.2, 0.25) is 0 Å². The largest absolute Gasteiger partial charge is 0.390 e. The Morgan fingerprint density at radius 1 is 1.62 bits per heavy atom. The lowest BCUT2D eigenvalue weighted by Crippen LogP contribution is -2.34. The predicted molar refractivity (Wildman–Crippen MR) is 51.5 cm³/mol. The Labute approximate surface area is 79.7 Å². The van der Waals surface area contributed by atoms with Crippen LogP contribution in [-0.4, -0.2) is 41.5 Å². The molecule has 0 saturated carbocycles. The molecule has 0 bridgehead atoms. The van der Waals surface area contributed by atoms with E-state index in [1.165, 1.54) is 0 Å². The first-order valence-corrected chi connectivity index (χ1v) is 4.82. The summed E-state index contributed by atoms with van der Waals surface area (Å²) in [5.74, 6) is 0.322. The Hall–Kier alpha value is -0.410. The number of nitrogens with zero attached hydrogens (tertiary/aromatic N) is 1. The van der Waals surface area contributed by atoms with Gasteiger partial charge in [0.05, 0.1) is 11.6 Å². The molecule has 0 aromatic carbocycles. The summed E-state index contributed by atoms with van der Waals surface area (Å²) < 4.78 is 0. The summed E-state index contributed by atoms with van der Waals surface area (Å²) in [4.78, 5) is 12.8. The minimum absolute atomic E-state index is 0.00595. The van der Waals surface area contributed by atoms with Crippen molar-refractivity contribution < 1.29 is 9.90 Å². The van der Waals surface area contributed by atoms with Crippen LogP contribution in [0.3, 0.4) is 0 Å². The van der Waals surface area contributed by atoms with Gasteiger partial charge in [-0.2, -0.15) is 0 Å². The Morgan fingerprint density at radius 3 is 2.69 bits per heavy atom. The molecule has 3 heteroatoms. The van der Waals surface area contributed by atoms with Gasteiger partial charge in [-0.3, -0.25) is 4.90 Å². The Morgan fingerprint density at radius 2 is 2.23 bits per heavy atom. The van der Waals surface area contributed by atoms with E-state index in [0.29, 0.717) is 12.3 Å². The molecular weight excluding hydrogens is 166 g/mol. The van der Waals surface area contributed by atoms with Crippen LogP contribution < -0.4 is 0 Å². The maximum Gasteiger partial charge on any atom is 0.137 e. The second-order valence-electron chi connectivity index (χ2n) is 4.67. The predicted octanol–water partition coefficient (Wildman–Crippen LogP) is 0.667. The Bertz CT molecular complexity index is 186. The van der Waals surface area contributed by atoms with Gasteiger partial charge in [-0.05, 0) is 46.2 Å². The molecule has 0 aliphatic carbocycles. The van der Waals surface area contributed by atoms with E-state index in [1.54, 1.807) is 13.8 Å². The molecule has 1 heterocycles. The Balaban J connectivity index is 2.56. The molecule has 1 aliphatic rings. The normalized spacial score (nSPS) is 30.8. The second-order valence-corrected chi connectivity index (χ2v) is 4.67. The molecule has 0 spiro atoms. The second kappa shape index (κ2) is 3.76. The zero-order chi connectivity index (χ0) is 10.1. The summed E-state index contributed by atoms with van der Waals surface area (Å²) in [7, 11) is 1.96. The zero-order valence-corrected chi connectivity index (χ0v) is 8.66. The minimum atomic E-state index is -0.656. The fourth-order valence-corrected chi connectivity index (χ4v) is 2.13. The summed E-state index contributed by atoms with van der Waals surface area (Å²) in [6.07, 6.45) is 2.73. The topological polar surface area (TPSA) is 40.5 Å². The first-order chi connectivity index (χ1) is 5.94. The van der Waals surface area contributed by atoms with Crippen molar-refractivity contribution >= 4 is 6.29 Å². The first-order valence-electron chi connectivity index (χ1n) is 4.82. The van der Waals surface area contributed by atoms with Crippen LogP contribution in [0, 0.1) is 5.92 Å². The van der Waals surface area contributed by atoms with Crippen molar-refractivity contribution in [1.29, 1.82) is 0 Å². The molecular formula is C10H19NO2. The van der Waals surface area contributed by atoms with Crippen LogP contribution in [0.4, 0.5) is 0 Å². The summed E-state index contributed by atoms with van der Waals surface area (Å²) in [5, 5.41) is 9.64. The van der Waals surface area contributed by atoms with E-state index in [1.807, 2.05) is 7.05 Å². The quantitative estimate of drug-likeness (QED) is 0.657. The summed E-state index contributed by atoms with van der Waals surface area (Å²) >= 11 is 0. The highest BCUT2D eigenvalue weighted by Crippen LogP contribution is 2.29. The highest BCUT2D eigenvalue weighted by molar-refractivity contribution is 5.58. The number of carbonyl (C=O) groups excluding carboxylic acids is 1. The molecule has 1 N–H and O–H groups in total. The van der Waals surface area contributed by atoms with Gasteiger partial charge in [-0.15, -0.1) is 0 Å². The lowest BCUT2D eigenvalue weighted by atomic mass is 9.89. The standard InChI is InChI=1S/C10H19NO2/c1-10(2,13)6-8-4-5-11(3)9(8)7-12/h7-9,13H,4-6H2,1-3H3/t8-,9?/m1/s1. The molecule has 0 radical (unpaired) electrons. The number of hydrogen-bond donors (Lipinski definition) is 1. The lowest BCUT2D eigenvalue weighted by molar-refractivity contribution is -0.112. The van der Waals surface area contributed by atoms with Crippen LogP contribution in [-0.2, 0) is 4.79 Å². The third-order valence-corrected chi connectivity index (χ3v) is 2.75. The maximum absolute atomic E-state index is 10.8. The van der Waals surface area contributed by atoms with Gasteiger partial charge in [0.15, 0.2) is 0 Å². The summed E-state index contributed by atoms with van der Waals surface area (Å²) in [5.41, 5.74) is -0.656. The van der Waals surface area contributed by atoms with Crippen LogP contribution in [0.25, 0.3) is 0 Å². The van der Waals surface area contributed by atoms with Crippen LogP contribution in [0.15, 0.2) is 0 Å². The molecule has 1 saturated heterocycles. The van der Waals surface area contributed by atoms with Crippen LogP contribution in [0.5, 0.6) is 0 Å². The summed E-state index contributed by atoms with van der Waals surface area (Å²) in [6.45, 7) is 4.56. The third-order valence-electron chi connectivity index (χ3n) is 2.75. The van der Waals surface area contributed by atoms with Gasteiger partial charge in [0.2, 0.25) is 0 Å². The van der Waals surface area contributed by atoms with Gasteiger partial charge in [0.1, 0.15) is 6.29 Å². The molecule has 0 aromatic heterocycles. The fraction of sp³-hybridized carbons (Fsp3) is 0.900. The average Bonchev–Trinajstić information content (AvgIpc) is 2.28. The fourth-order valence-electron chi connectivity index (χ4n) is 2.13. The lowest BCUT2D eigenvalue weighted by Gasteiger charge is -2.25. The number of rotatable bonds is 3. The van der Waals surface area contributed by atoms with Crippen LogP contribution in [0.1, 0.15) is 26.7 Å².